The molecular weight excluding hydrogens is 352 g/mol. The van der Waals surface area contributed by atoms with E-state index in [0.29, 0.717) is 36.6 Å². The summed E-state index contributed by atoms with van der Waals surface area (Å²) in [6.45, 7) is 5.13. The third-order valence-corrected chi connectivity index (χ3v) is 4.61. The number of nitrogens with zero attached hydrogens (tertiary/aromatic N) is 5. The van der Waals surface area contributed by atoms with Crippen LogP contribution in [0.4, 0.5) is 11.6 Å². The Kier molecular flexibility index (Phi) is 6.79. The number of benzene rings is 1. The maximum absolute atomic E-state index is 9.87. The molecule has 0 spiro atoms. The van der Waals surface area contributed by atoms with Crippen LogP contribution >= 0.6 is 0 Å². The molecule has 1 aromatic carbocycles. The molecule has 7 heteroatoms. The van der Waals surface area contributed by atoms with Crippen LogP contribution in [0.3, 0.4) is 0 Å². The third-order valence-electron chi connectivity index (χ3n) is 4.61. The normalized spacial score (nSPS) is 11.0. The number of nitriles is 3. The van der Waals surface area contributed by atoms with Gasteiger partial charge in [0.05, 0.1) is 19.1 Å². The van der Waals surface area contributed by atoms with E-state index in [2.05, 4.69) is 17.1 Å². The minimum Gasteiger partial charge on any atom is -0.497 e. The molecule has 0 radical (unpaired) electrons. The first-order valence-electron chi connectivity index (χ1n) is 8.95. The Hall–Kier alpha value is -3.76. The van der Waals surface area contributed by atoms with Crippen LogP contribution in [0, 0.1) is 34.0 Å². The lowest BCUT2D eigenvalue weighted by atomic mass is 9.87. The quantitative estimate of drug-likeness (QED) is 0.789. The van der Waals surface area contributed by atoms with Crippen molar-refractivity contribution in [1.29, 1.82) is 15.8 Å². The second kappa shape index (κ2) is 9.26. The number of pyridine rings is 1. The van der Waals surface area contributed by atoms with E-state index in [-0.39, 0.29) is 16.9 Å². The Morgan fingerprint density at radius 1 is 1.14 bits per heavy atom. The summed E-state index contributed by atoms with van der Waals surface area (Å²) in [5.41, 5.74) is 7.54. The van der Waals surface area contributed by atoms with E-state index in [0.717, 1.165) is 5.56 Å². The molecule has 0 aliphatic heterocycles. The van der Waals surface area contributed by atoms with Crippen molar-refractivity contribution in [2.75, 3.05) is 30.8 Å². The lowest BCUT2D eigenvalue weighted by molar-refractivity contribution is 0.414. The minimum absolute atomic E-state index is 0.0318. The average Bonchev–Trinajstić information content (AvgIpc) is 2.72. The summed E-state index contributed by atoms with van der Waals surface area (Å²) in [6, 6.07) is 13.8. The van der Waals surface area contributed by atoms with E-state index < -0.39 is 5.92 Å². The molecule has 28 heavy (non-hydrogen) atoms. The third kappa shape index (κ3) is 3.98. The van der Waals surface area contributed by atoms with Crippen LogP contribution in [-0.4, -0.2) is 25.2 Å². The summed E-state index contributed by atoms with van der Waals surface area (Å²) in [5.74, 6) is 0.387. The minimum atomic E-state index is -0.726. The molecule has 0 unspecified atom stereocenters. The van der Waals surface area contributed by atoms with Gasteiger partial charge in [0.2, 0.25) is 0 Å². The van der Waals surface area contributed by atoms with Crippen LogP contribution in [0.1, 0.15) is 42.0 Å². The molecule has 1 atom stereocenters. The summed E-state index contributed by atoms with van der Waals surface area (Å²) >= 11 is 0. The monoisotopic (exact) mass is 374 g/mol. The fourth-order valence-electron chi connectivity index (χ4n) is 3.18. The standard InChI is InChI=1S/C21H22N6O/c1-4-27(5-2)21-18(13-24)19(17(12-23)20(25)26-21)15(11-22)9-14-7-6-8-16(10-14)28-3/h6-8,10,15H,4-5,9H2,1-3H3,(H2,25,26)/t15-/m0/s1. The van der Waals surface area contributed by atoms with Gasteiger partial charge in [-0.25, -0.2) is 4.98 Å². The lowest BCUT2D eigenvalue weighted by Gasteiger charge is -2.24. The Morgan fingerprint density at radius 3 is 2.36 bits per heavy atom. The smallest absolute Gasteiger partial charge is 0.149 e. The number of ether oxygens (including phenoxy) is 1. The number of aromatic nitrogens is 1. The molecule has 2 N–H and O–H groups in total. The van der Waals surface area contributed by atoms with E-state index >= 15 is 0 Å². The molecule has 0 fully saturated rings. The SMILES string of the molecule is CCN(CC)c1nc(N)c(C#N)c([C@H](C#N)Cc2cccc(OC)c2)c1C#N. The Labute approximate surface area is 165 Å². The van der Waals surface area contributed by atoms with Crippen LogP contribution in [-0.2, 0) is 6.42 Å². The van der Waals surface area contributed by atoms with Gasteiger partial charge < -0.3 is 15.4 Å². The van der Waals surface area contributed by atoms with E-state index in [4.69, 9.17) is 10.5 Å². The Morgan fingerprint density at radius 2 is 1.82 bits per heavy atom. The second-order valence-electron chi connectivity index (χ2n) is 6.12. The van der Waals surface area contributed by atoms with Crippen LogP contribution in [0.25, 0.3) is 0 Å². The van der Waals surface area contributed by atoms with Crippen molar-refractivity contribution >= 4 is 11.6 Å². The van der Waals surface area contributed by atoms with Gasteiger partial charge in [-0.3, -0.25) is 0 Å². The Bertz CT molecular complexity index is 976. The predicted molar refractivity (Wildman–Crippen MR) is 107 cm³/mol. The molecule has 7 nitrogen and oxygen atoms in total. The first-order chi connectivity index (χ1) is 13.5. The highest BCUT2D eigenvalue weighted by atomic mass is 16.5. The average molecular weight is 374 g/mol. The van der Waals surface area contributed by atoms with Gasteiger partial charge in [-0.05, 0) is 38.0 Å². The zero-order valence-corrected chi connectivity index (χ0v) is 16.2. The van der Waals surface area contributed by atoms with Gasteiger partial charge in [0, 0.05) is 18.7 Å². The van der Waals surface area contributed by atoms with Gasteiger partial charge in [0.25, 0.3) is 0 Å². The maximum atomic E-state index is 9.87. The van der Waals surface area contributed by atoms with Crippen molar-refractivity contribution in [3.63, 3.8) is 0 Å². The zero-order valence-electron chi connectivity index (χ0n) is 16.2. The highest BCUT2D eigenvalue weighted by Gasteiger charge is 2.27. The van der Waals surface area contributed by atoms with Crippen LogP contribution in [0.2, 0.25) is 0 Å². The number of anilines is 2. The topological polar surface area (TPSA) is 123 Å². The van der Waals surface area contributed by atoms with Gasteiger partial charge >= 0.3 is 0 Å². The van der Waals surface area contributed by atoms with Crippen molar-refractivity contribution in [2.45, 2.75) is 26.2 Å². The van der Waals surface area contributed by atoms with E-state index in [1.165, 1.54) is 0 Å². The summed E-state index contributed by atoms with van der Waals surface area (Å²) in [6.07, 6.45) is 0.318. The van der Waals surface area contributed by atoms with Crippen molar-refractivity contribution in [2.24, 2.45) is 0 Å². The second-order valence-corrected chi connectivity index (χ2v) is 6.12. The van der Waals surface area contributed by atoms with Crippen molar-refractivity contribution in [1.82, 2.24) is 4.98 Å². The molecule has 0 saturated carbocycles. The molecule has 1 heterocycles. The predicted octanol–water partition coefficient (Wildman–Crippen LogP) is 3.11. The summed E-state index contributed by atoms with van der Waals surface area (Å²) in [5, 5.41) is 29.3. The molecule has 2 rings (SSSR count). The number of rotatable bonds is 7. The van der Waals surface area contributed by atoms with Crippen molar-refractivity contribution in [3.8, 4) is 24.0 Å². The molecule has 2 aromatic rings. The lowest BCUT2D eigenvalue weighted by Crippen LogP contribution is -2.26. The number of methoxy groups -OCH3 is 1. The molecule has 142 valence electrons. The fraction of sp³-hybridized carbons (Fsp3) is 0.333. The molecule has 0 bridgehead atoms. The molecule has 0 aliphatic carbocycles. The van der Waals surface area contributed by atoms with Crippen molar-refractivity contribution < 1.29 is 4.74 Å². The largest absolute Gasteiger partial charge is 0.497 e. The highest BCUT2D eigenvalue weighted by molar-refractivity contribution is 5.70. The van der Waals surface area contributed by atoms with Gasteiger partial charge in [-0.1, -0.05) is 12.1 Å². The summed E-state index contributed by atoms with van der Waals surface area (Å²) in [7, 11) is 1.57. The van der Waals surface area contributed by atoms with Gasteiger partial charge in [-0.15, -0.1) is 0 Å². The maximum Gasteiger partial charge on any atom is 0.149 e. The van der Waals surface area contributed by atoms with Gasteiger partial charge in [0.1, 0.15) is 40.7 Å². The Balaban J connectivity index is 2.67. The molecule has 0 aliphatic rings. The molecule has 1 aromatic heterocycles. The molecular formula is C21H22N6O. The van der Waals surface area contributed by atoms with Crippen LogP contribution in [0.15, 0.2) is 24.3 Å². The fourth-order valence-corrected chi connectivity index (χ4v) is 3.18. The number of hydrogen-bond donors (Lipinski definition) is 1. The van der Waals surface area contributed by atoms with Crippen molar-refractivity contribution in [3.05, 3.63) is 46.5 Å². The van der Waals surface area contributed by atoms with Crippen LogP contribution in [0.5, 0.6) is 5.75 Å². The number of nitrogen functional groups attached to an aromatic ring is 1. The molecule has 0 saturated heterocycles. The van der Waals surface area contributed by atoms with E-state index in [1.54, 1.807) is 7.11 Å². The van der Waals surface area contributed by atoms with E-state index in [9.17, 15) is 15.8 Å². The number of hydrogen-bond acceptors (Lipinski definition) is 7. The van der Waals surface area contributed by atoms with Crippen LogP contribution < -0.4 is 15.4 Å². The first-order valence-corrected chi connectivity index (χ1v) is 8.95. The molecule has 0 amide bonds. The number of nitrogens with two attached hydrogens (primary N) is 1. The zero-order chi connectivity index (χ0) is 20.7. The van der Waals surface area contributed by atoms with Gasteiger partial charge in [0.15, 0.2) is 0 Å². The summed E-state index contributed by atoms with van der Waals surface area (Å²) in [4.78, 5) is 6.19. The van der Waals surface area contributed by atoms with E-state index in [1.807, 2.05) is 49.1 Å². The van der Waals surface area contributed by atoms with Gasteiger partial charge in [-0.2, -0.15) is 15.8 Å². The summed E-state index contributed by atoms with van der Waals surface area (Å²) < 4.78 is 5.24. The first kappa shape index (κ1) is 20.6. The highest BCUT2D eigenvalue weighted by Crippen LogP contribution is 2.34.